The van der Waals surface area contributed by atoms with Crippen molar-refractivity contribution in [1.29, 1.82) is 0 Å². The number of hydrogen-bond acceptors (Lipinski definition) is 5. The summed E-state index contributed by atoms with van der Waals surface area (Å²) in [6, 6.07) is 0. The highest BCUT2D eigenvalue weighted by molar-refractivity contribution is 7.09. The van der Waals surface area contributed by atoms with Crippen LogP contribution in [0.4, 0.5) is 5.13 Å². The fourth-order valence-corrected chi connectivity index (χ4v) is 2.92. The summed E-state index contributed by atoms with van der Waals surface area (Å²) in [5.41, 5.74) is 0. The van der Waals surface area contributed by atoms with Crippen LogP contribution in [0.15, 0.2) is 0 Å². The monoisotopic (exact) mass is 268 g/mol. The zero-order valence-electron chi connectivity index (χ0n) is 11.7. The number of piperazine rings is 1. The Kier molecular flexibility index (Phi) is 4.95. The van der Waals surface area contributed by atoms with Crippen molar-refractivity contribution >= 4 is 16.7 Å². The van der Waals surface area contributed by atoms with Crippen LogP contribution in [0, 0.1) is 5.92 Å². The first-order chi connectivity index (χ1) is 8.69. The molecule has 102 valence electrons. The van der Waals surface area contributed by atoms with Gasteiger partial charge in [0.05, 0.1) is 0 Å². The van der Waals surface area contributed by atoms with Crippen LogP contribution in [0.2, 0.25) is 0 Å². The van der Waals surface area contributed by atoms with Crippen molar-refractivity contribution < 1.29 is 0 Å². The predicted octanol–water partition coefficient (Wildman–Crippen LogP) is 2.27. The molecular weight excluding hydrogens is 244 g/mol. The lowest BCUT2D eigenvalue weighted by Gasteiger charge is -2.34. The van der Waals surface area contributed by atoms with Crippen LogP contribution in [-0.4, -0.2) is 47.0 Å². The minimum absolute atomic E-state index is 0.804. The first-order valence-corrected chi connectivity index (χ1v) is 7.76. The maximum Gasteiger partial charge on any atom is 0.205 e. The van der Waals surface area contributed by atoms with E-state index in [0.29, 0.717) is 0 Å². The molecule has 4 nitrogen and oxygen atoms in total. The Morgan fingerprint density at radius 3 is 2.50 bits per heavy atom. The molecule has 1 saturated heterocycles. The predicted molar refractivity (Wildman–Crippen MR) is 77.4 cm³/mol. The Balaban J connectivity index is 1.79. The molecule has 5 heteroatoms. The molecule has 0 N–H and O–H groups in total. The molecule has 0 atom stereocenters. The molecule has 0 aliphatic carbocycles. The molecule has 0 unspecified atom stereocenters. The van der Waals surface area contributed by atoms with E-state index in [9.17, 15) is 0 Å². The smallest absolute Gasteiger partial charge is 0.205 e. The number of hydrogen-bond donors (Lipinski definition) is 0. The third kappa shape index (κ3) is 3.65. The van der Waals surface area contributed by atoms with E-state index in [1.807, 2.05) is 0 Å². The van der Waals surface area contributed by atoms with Crippen molar-refractivity contribution in [1.82, 2.24) is 14.3 Å². The summed E-state index contributed by atoms with van der Waals surface area (Å²) in [4.78, 5) is 9.51. The van der Waals surface area contributed by atoms with Gasteiger partial charge in [0.25, 0.3) is 0 Å². The van der Waals surface area contributed by atoms with Crippen LogP contribution in [0.1, 0.15) is 33.0 Å². The molecule has 1 aliphatic rings. The summed E-state index contributed by atoms with van der Waals surface area (Å²) in [6.07, 6.45) is 2.24. The van der Waals surface area contributed by atoms with E-state index >= 15 is 0 Å². The average molecular weight is 268 g/mol. The maximum absolute atomic E-state index is 4.57. The van der Waals surface area contributed by atoms with E-state index in [-0.39, 0.29) is 0 Å². The van der Waals surface area contributed by atoms with Crippen molar-refractivity contribution in [3.63, 3.8) is 0 Å². The molecule has 0 bridgehead atoms. The molecule has 0 aromatic carbocycles. The van der Waals surface area contributed by atoms with Gasteiger partial charge < -0.3 is 4.90 Å². The Labute approximate surface area is 114 Å². The van der Waals surface area contributed by atoms with Gasteiger partial charge in [0.15, 0.2) is 0 Å². The second-order valence-corrected chi connectivity index (χ2v) is 6.09. The van der Waals surface area contributed by atoms with E-state index in [4.69, 9.17) is 0 Å². The molecular formula is C13H24N4S. The quantitative estimate of drug-likeness (QED) is 0.820. The van der Waals surface area contributed by atoms with Crippen LogP contribution >= 0.6 is 11.5 Å². The number of rotatable bonds is 5. The summed E-state index contributed by atoms with van der Waals surface area (Å²) in [5.74, 6) is 1.79. The Morgan fingerprint density at radius 2 is 1.94 bits per heavy atom. The molecule has 1 fully saturated rings. The Hall–Kier alpha value is -0.680. The number of nitrogens with zero attached hydrogens (tertiary/aromatic N) is 4. The zero-order valence-corrected chi connectivity index (χ0v) is 12.5. The van der Waals surface area contributed by atoms with Gasteiger partial charge in [-0.15, -0.1) is 0 Å². The molecule has 1 aliphatic heterocycles. The number of anilines is 1. The number of aromatic nitrogens is 2. The molecule has 0 radical (unpaired) electrons. The second kappa shape index (κ2) is 6.48. The molecule has 0 amide bonds. The summed E-state index contributed by atoms with van der Waals surface area (Å²) in [5, 5.41) is 1.11. The summed E-state index contributed by atoms with van der Waals surface area (Å²) in [6.45, 7) is 12.4. The van der Waals surface area contributed by atoms with Crippen LogP contribution in [0.5, 0.6) is 0 Å². The highest BCUT2D eigenvalue weighted by Gasteiger charge is 2.19. The van der Waals surface area contributed by atoms with Gasteiger partial charge >= 0.3 is 0 Å². The molecule has 1 aromatic rings. The van der Waals surface area contributed by atoms with Gasteiger partial charge in [0.2, 0.25) is 5.13 Å². The van der Waals surface area contributed by atoms with E-state index in [2.05, 4.69) is 39.9 Å². The van der Waals surface area contributed by atoms with Crippen molar-refractivity contribution in [2.24, 2.45) is 5.92 Å². The minimum atomic E-state index is 0.804. The topological polar surface area (TPSA) is 32.3 Å². The van der Waals surface area contributed by atoms with Crippen molar-refractivity contribution in [2.75, 3.05) is 37.6 Å². The average Bonchev–Trinajstić information content (AvgIpc) is 2.85. The van der Waals surface area contributed by atoms with Crippen LogP contribution in [0.25, 0.3) is 0 Å². The van der Waals surface area contributed by atoms with Crippen LogP contribution in [0.3, 0.4) is 0 Å². The van der Waals surface area contributed by atoms with E-state index in [1.54, 1.807) is 11.5 Å². The Bertz CT molecular complexity index is 356. The summed E-state index contributed by atoms with van der Waals surface area (Å²) >= 11 is 1.55. The first kappa shape index (κ1) is 13.7. The standard InChI is InChI=1S/C13H24N4S/c1-4-12-14-13(18-15-12)17-9-7-16(8-10-17)6-5-11(2)3/h11H,4-10H2,1-3H3. The largest absolute Gasteiger partial charge is 0.344 e. The van der Waals surface area contributed by atoms with Gasteiger partial charge in [-0.3, -0.25) is 4.90 Å². The third-order valence-electron chi connectivity index (χ3n) is 3.44. The van der Waals surface area contributed by atoms with Crippen molar-refractivity contribution in [3.05, 3.63) is 5.82 Å². The van der Waals surface area contributed by atoms with Gasteiger partial charge in [0.1, 0.15) is 5.82 Å². The van der Waals surface area contributed by atoms with Gasteiger partial charge in [-0.25, -0.2) is 4.98 Å². The molecule has 1 aromatic heterocycles. The molecule has 2 rings (SSSR count). The van der Waals surface area contributed by atoms with Crippen LogP contribution in [-0.2, 0) is 6.42 Å². The SMILES string of the molecule is CCc1nsc(N2CCN(CCC(C)C)CC2)n1. The van der Waals surface area contributed by atoms with Gasteiger partial charge in [0, 0.05) is 44.1 Å². The van der Waals surface area contributed by atoms with E-state index in [1.165, 1.54) is 13.0 Å². The molecule has 2 heterocycles. The molecule has 0 spiro atoms. The van der Waals surface area contributed by atoms with Crippen molar-refractivity contribution in [3.8, 4) is 0 Å². The third-order valence-corrected chi connectivity index (χ3v) is 4.25. The first-order valence-electron chi connectivity index (χ1n) is 6.99. The lowest BCUT2D eigenvalue weighted by Crippen LogP contribution is -2.46. The van der Waals surface area contributed by atoms with E-state index < -0.39 is 0 Å². The van der Waals surface area contributed by atoms with E-state index in [0.717, 1.165) is 49.5 Å². The fourth-order valence-electron chi connectivity index (χ4n) is 2.12. The highest BCUT2D eigenvalue weighted by atomic mass is 32.1. The molecule has 0 saturated carbocycles. The Morgan fingerprint density at radius 1 is 1.22 bits per heavy atom. The highest BCUT2D eigenvalue weighted by Crippen LogP contribution is 2.19. The van der Waals surface area contributed by atoms with Crippen LogP contribution < -0.4 is 4.90 Å². The van der Waals surface area contributed by atoms with Gasteiger partial charge in [-0.05, 0) is 18.9 Å². The second-order valence-electron chi connectivity index (χ2n) is 5.36. The normalized spacial score (nSPS) is 17.7. The molecule has 18 heavy (non-hydrogen) atoms. The van der Waals surface area contributed by atoms with Crippen molar-refractivity contribution in [2.45, 2.75) is 33.6 Å². The lowest BCUT2D eigenvalue weighted by molar-refractivity contribution is 0.243. The van der Waals surface area contributed by atoms with Gasteiger partial charge in [-0.2, -0.15) is 4.37 Å². The zero-order chi connectivity index (χ0) is 13.0. The lowest BCUT2D eigenvalue weighted by atomic mass is 10.1. The fraction of sp³-hybridized carbons (Fsp3) is 0.846. The summed E-state index contributed by atoms with van der Waals surface area (Å²) in [7, 11) is 0. The maximum atomic E-state index is 4.57. The van der Waals surface area contributed by atoms with Gasteiger partial charge in [-0.1, -0.05) is 20.8 Å². The summed E-state index contributed by atoms with van der Waals surface area (Å²) < 4.78 is 4.36. The number of aryl methyl sites for hydroxylation is 1. The minimum Gasteiger partial charge on any atom is -0.344 e.